The van der Waals surface area contributed by atoms with Crippen LogP contribution in [0.15, 0.2) is 0 Å². The molecule has 2 rings (SSSR count). The van der Waals surface area contributed by atoms with E-state index in [1.807, 2.05) is 0 Å². The lowest BCUT2D eigenvalue weighted by Crippen LogP contribution is -2.61. The second kappa shape index (κ2) is 7.09. The van der Waals surface area contributed by atoms with Crippen LogP contribution >= 0.6 is 0 Å². The highest BCUT2D eigenvalue weighted by Crippen LogP contribution is 2.22. The minimum absolute atomic E-state index is 0.253. The number of carbonyl (C=O) groups excluding carboxylic acids is 1. The topological polar surface area (TPSA) is 108 Å². The molecule has 7 heteroatoms. The van der Waals surface area contributed by atoms with Crippen molar-refractivity contribution in [3.8, 4) is 0 Å². The molecule has 21 heavy (non-hydrogen) atoms. The summed E-state index contributed by atoms with van der Waals surface area (Å²) in [6.07, 6.45) is 4.30. The zero-order valence-electron chi connectivity index (χ0n) is 12.1. The first-order chi connectivity index (χ1) is 10.0. The van der Waals surface area contributed by atoms with Gasteiger partial charge < -0.3 is 25.6 Å². The van der Waals surface area contributed by atoms with Crippen LogP contribution in [-0.4, -0.2) is 53.1 Å². The smallest absolute Gasteiger partial charge is 0.329 e. The van der Waals surface area contributed by atoms with E-state index < -0.39 is 23.6 Å². The Kier molecular flexibility index (Phi) is 5.41. The van der Waals surface area contributed by atoms with E-state index >= 15 is 0 Å². The van der Waals surface area contributed by atoms with Crippen molar-refractivity contribution < 1.29 is 24.5 Å². The Hall–Kier alpha value is -1.34. The molecule has 4 N–H and O–H groups in total. The zero-order chi connectivity index (χ0) is 15.3. The third-order valence-electron chi connectivity index (χ3n) is 4.40. The van der Waals surface area contributed by atoms with Crippen LogP contribution in [0.3, 0.4) is 0 Å². The fraction of sp³-hybridized carbons (Fsp3) is 0.857. The number of urea groups is 1. The Morgan fingerprint density at radius 1 is 1.10 bits per heavy atom. The molecule has 0 aromatic rings. The molecule has 0 bridgehead atoms. The zero-order valence-corrected chi connectivity index (χ0v) is 12.1. The fourth-order valence-corrected chi connectivity index (χ4v) is 2.99. The van der Waals surface area contributed by atoms with Gasteiger partial charge in [-0.05, 0) is 12.8 Å². The lowest BCUT2D eigenvalue weighted by molar-refractivity contribution is -0.148. The van der Waals surface area contributed by atoms with Crippen molar-refractivity contribution in [1.29, 1.82) is 0 Å². The Labute approximate surface area is 124 Å². The van der Waals surface area contributed by atoms with Gasteiger partial charge in [0.2, 0.25) is 0 Å². The molecular weight excluding hydrogens is 276 g/mol. The van der Waals surface area contributed by atoms with Crippen LogP contribution in [0.5, 0.6) is 0 Å². The monoisotopic (exact) mass is 300 g/mol. The van der Waals surface area contributed by atoms with Crippen LogP contribution in [0.25, 0.3) is 0 Å². The number of aliphatic carboxylic acids is 1. The third-order valence-corrected chi connectivity index (χ3v) is 4.40. The summed E-state index contributed by atoms with van der Waals surface area (Å²) < 4.78 is 5.16. The summed E-state index contributed by atoms with van der Waals surface area (Å²) >= 11 is 0. The molecule has 0 spiro atoms. The number of nitrogens with one attached hydrogen (secondary N) is 2. The number of carboxylic acids is 1. The summed E-state index contributed by atoms with van der Waals surface area (Å²) in [7, 11) is 0. The van der Waals surface area contributed by atoms with Gasteiger partial charge in [0.25, 0.3) is 0 Å². The second-order valence-electron chi connectivity index (χ2n) is 5.91. The fourth-order valence-electron chi connectivity index (χ4n) is 2.99. The summed E-state index contributed by atoms with van der Waals surface area (Å²) in [4.78, 5) is 23.6. The van der Waals surface area contributed by atoms with Gasteiger partial charge in [-0.2, -0.15) is 0 Å². The van der Waals surface area contributed by atoms with Crippen LogP contribution in [0, 0.1) is 0 Å². The summed E-state index contributed by atoms with van der Waals surface area (Å²) in [5, 5.41) is 24.7. The van der Waals surface area contributed by atoms with E-state index in [2.05, 4.69) is 10.6 Å². The SMILES string of the molecule is O=C(NC1CCCCCC1O)NC1(C(=O)O)CCOCC1. The number of aliphatic hydroxyl groups is 1. The summed E-state index contributed by atoms with van der Waals surface area (Å²) in [5.41, 5.74) is -1.27. The Bertz CT molecular complexity index is 382. The number of hydrogen-bond donors (Lipinski definition) is 4. The molecule has 2 amide bonds. The number of carboxylic acid groups (broad SMARTS) is 1. The molecule has 2 atom stereocenters. The van der Waals surface area contributed by atoms with Crippen LogP contribution in [-0.2, 0) is 9.53 Å². The molecule has 1 saturated heterocycles. The third kappa shape index (κ3) is 4.07. The molecule has 0 radical (unpaired) electrons. The van der Waals surface area contributed by atoms with E-state index in [0.717, 1.165) is 25.7 Å². The molecule has 0 aromatic heterocycles. The van der Waals surface area contributed by atoms with E-state index in [1.54, 1.807) is 0 Å². The van der Waals surface area contributed by atoms with Gasteiger partial charge in [0.15, 0.2) is 0 Å². The Balaban J connectivity index is 1.94. The van der Waals surface area contributed by atoms with Crippen molar-refractivity contribution in [1.82, 2.24) is 10.6 Å². The van der Waals surface area contributed by atoms with Crippen molar-refractivity contribution in [3.63, 3.8) is 0 Å². The molecule has 2 fully saturated rings. The molecule has 1 aliphatic heterocycles. The van der Waals surface area contributed by atoms with Gasteiger partial charge in [0, 0.05) is 26.1 Å². The van der Waals surface area contributed by atoms with E-state index in [9.17, 15) is 19.8 Å². The first-order valence-electron chi connectivity index (χ1n) is 7.61. The maximum Gasteiger partial charge on any atom is 0.329 e. The summed E-state index contributed by atoms with van der Waals surface area (Å²) in [6, 6.07) is -0.830. The van der Waals surface area contributed by atoms with Crippen LogP contribution in [0.1, 0.15) is 44.9 Å². The number of ether oxygens (including phenoxy) is 1. The highest BCUT2D eigenvalue weighted by Gasteiger charge is 2.42. The van der Waals surface area contributed by atoms with E-state index in [4.69, 9.17) is 4.74 Å². The molecule has 7 nitrogen and oxygen atoms in total. The van der Waals surface area contributed by atoms with Crippen LogP contribution < -0.4 is 10.6 Å². The predicted octanol–water partition coefficient (Wildman–Crippen LogP) is 0.613. The molecule has 1 heterocycles. The highest BCUT2D eigenvalue weighted by atomic mass is 16.5. The normalized spacial score (nSPS) is 29.2. The predicted molar refractivity (Wildman–Crippen MR) is 75.0 cm³/mol. The number of carbonyl (C=O) groups is 2. The number of amides is 2. The molecule has 2 unspecified atom stereocenters. The van der Waals surface area contributed by atoms with Gasteiger partial charge in [-0.3, -0.25) is 0 Å². The lowest BCUT2D eigenvalue weighted by atomic mass is 9.90. The largest absolute Gasteiger partial charge is 0.480 e. The van der Waals surface area contributed by atoms with Gasteiger partial charge in [-0.1, -0.05) is 19.3 Å². The van der Waals surface area contributed by atoms with Crippen molar-refractivity contribution in [2.24, 2.45) is 0 Å². The van der Waals surface area contributed by atoms with Gasteiger partial charge in [0.05, 0.1) is 12.1 Å². The first kappa shape index (κ1) is 16.0. The van der Waals surface area contributed by atoms with Gasteiger partial charge >= 0.3 is 12.0 Å². The average Bonchev–Trinajstić information content (AvgIpc) is 2.65. The number of aliphatic hydroxyl groups excluding tert-OH is 1. The molecule has 2 aliphatic rings. The van der Waals surface area contributed by atoms with Gasteiger partial charge in [-0.25, -0.2) is 9.59 Å². The average molecular weight is 300 g/mol. The second-order valence-corrected chi connectivity index (χ2v) is 5.91. The maximum atomic E-state index is 12.1. The van der Waals surface area contributed by atoms with Gasteiger partial charge in [0.1, 0.15) is 5.54 Å². The number of rotatable bonds is 3. The maximum absolute atomic E-state index is 12.1. The van der Waals surface area contributed by atoms with E-state index in [-0.39, 0.29) is 18.9 Å². The molecule has 120 valence electrons. The van der Waals surface area contributed by atoms with E-state index in [1.165, 1.54) is 0 Å². The molecular formula is C14H24N2O5. The van der Waals surface area contributed by atoms with Crippen molar-refractivity contribution in [2.75, 3.05) is 13.2 Å². The highest BCUT2D eigenvalue weighted by molar-refractivity contribution is 5.86. The first-order valence-corrected chi connectivity index (χ1v) is 7.61. The molecule has 1 saturated carbocycles. The molecule has 0 aromatic carbocycles. The minimum Gasteiger partial charge on any atom is -0.480 e. The van der Waals surface area contributed by atoms with E-state index in [0.29, 0.717) is 19.6 Å². The standard InChI is InChI=1S/C14H24N2O5/c17-11-5-3-1-2-4-10(11)15-13(20)16-14(12(18)19)6-8-21-9-7-14/h10-11,17H,1-9H2,(H,18,19)(H2,15,16,20). The van der Waals surface area contributed by atoms with Crippen molar-refractivity contribution in [2.45, 2.75) is 62.6 Å². The lowest BCUT2D eigenvalue weighted by Gasteiger charge is -2.34. The molecule has 1 aliphatic carbocycles. The number of hydrogen-bond acceptors (Lipinski definition) is 4. The summed E-state index contributed by atoms with van der Waals surface area (Å²) in [6.45, 7) is 0.636. The van der Waals surface area contributed by atoms with Crippen LogP contribution in [0.2, 0.25) is 0 Å². The Morgan fingerprint density at radius 3 is 2.43 bits per heavy atom. The van der Waals surface area contributed by atoms with Crippen molar-refractivity contribution in [3.05, 3.63) is 0 Å². The Morgan fingerprint density at radius 2 is 1.76 bits per heavy atom. The quantitative estimate of drug-likeness (QED) is 0.571. The van der Waals surface area contributed by atoms with Crippen molar-refractivity contribution >= 4 is 12.0 Å². The van der Waals surface area contributed by atoms with Gasteiger partial charge in [-0.15, -0.1) is 0 Å². The minimum atomic E-state index is -1.27. The van der Waals surface area contributed by atoms with Crippen LogP contribution in [0.4, 0.5) is 4.79 Å². The summed E-state index contributed by atoms with van der Waals surface area (Å²) in [5.74, 6) is -1.04.